The molecule has 0 unspecified atom stereocenters. The monoisotopic (exact) mass is 192 g/mol. The highest BCUT2D eigenvalue weighted by molar-refractivity contribution is 7.16. The number of hydrogen-bond donors (Lipinski definition) is 0. The number of rotatable bonds is 0. The third-order valence-electron chi connectivity index (χ3n) is 2.44. The van der Waals surface area contributed by atoms with E-state index in [0.29, 0.717) is 0 Å². The first kappa shape index (κ1) is 7.26. The van der Waals surface area contributed by atoms with Gasteiger partial charge in [0.25, 0.3) is 5.56 Å². The van der Waals surface area contributed by atoms with Crippen molar-refractivity contribution in [1.82, 2.24) is 9.55 Å². The Hall–Kier alpha value is -1.16. The summed E-state index contributed by atoms with van der Waals surface area (Å²) in [6.45, 7) is 0.840. The first-order valence-electron chi connectivity index (χ1n) is 4.33. The average Bonchev–Trinajstić information content (AvgIpc) is 2.71. The number of hydrogen-bond acceptors (Lipinski definition) is 3. The lowest BCUT2D eigenvalue weighted by Gasteiger charge is -2.00. The van der Waals surface area contributed by atoms with Crippen LogP contribution < -0.4 is 5.56 Å². The van der Waals surface area contributed by atoms with E-state index in [1.54, 1.807) is 15.9 Å². The second-order valence-electron chi connectivity index (χ2n) is 3.23. The van der Waals surface area contributed by atoms with Crippen LogP contribution in [0.2, 0.25) is 0 Å². The Labute approximate surface area is 78.7 Å². The number of aryl methyl sites for hydroxylation is 1. The molecule has 1 aliphatic heterocycles. The molecule has 3 nitrogen and oxygen atoms in total. The minimum absolute atomic E-state index is 0.138. The van der Waals surface area contributed by atoms with E-state index in [9.17, 15) is 4.79 Å². The van der Waals surface area contributed by atoms with Gasteiger partial charge in [-0.25, -0.2) is 4.98 Å². The fourth-order valence-corrected chi connectivity index (χ4v) is 2.58. The van der Waals surface area contributed by atoms with Gasteiger partial charge in [0.1, 0.15) is 10.7 Å². The Bertz CT molecular complexity index is 526. The van der Waals surface area contributed by atoms with Crippen LogP contribution in [0.4, 0.5) is 0 Å². The average molecular weight is 192 g/mol. The van der Waals surface area contributed by atoms with Gasteiger partial charge < -0.3 is 0 Å². The van der Waals surface area contributed by atoms with Gasteiger partial charge in [0.15, 0.2) is 0 Å². The zero-order valence-corrected chi connectivity index (χ0v) is 7.80. The summed E-state index contributed by atoms with van der Waals surface area (Å²) in [5.74, 6) is 0.958. The molecule has 4 heteroatoms. The molecule has 0 aromatic carbocycles. The second kappa shape index (κ2) is 2.42. The Morgan fingerprint density at radius 3 is 3.38 bits per heavy atom. The zero-order valence-electron chi connectivity index (χ0n) is 6.99. The van der Waals surface area contributed by atoms with Gasteiger partial charge >= 0.3 is 0 Å². The van der Waals surface area contributed by atoms with Crippen LogP contribution in [0.15, 0.2) is 16.2 Å². The maximum absolute atomic E-state index is 11.8. The molecule has 0 aliphatic carbocycles. The van der Waals surface area contributed by atoms with Crippen molar-refractivity contribution in [3.63, 3.8) is 0 Å². The largest absolute Gasteiger partial charge is 0.296 e. The highest BCUT2D eigenvalue weighted by Crippen LogP contribution is 2.18. The SMILES string of the molecule is O=c1c2ccsc2nc2n1CCC2. The van der Waals surface area contributed by atoms with Crippen molar-refractivity contribution in [1.29, 1.82) is 0 Å². The fraction of sp³-hybridized carbons (Fsp3) is 0.333. The first-order chi connectivity index (χ1) is 6.36. The summed E-state index contributed by atoms with van der Waals surface area (Å²) in [4.78, 5) is 17.2. The molecule has 66 valence electrons. The van der Waals surface area contributed by atoms with E-state index in [0.717, 1.165) is 35.4 Å². The van der Waals surface area contributed by atoms with Gasteiger partial charge in [-0.2, -0.15) is 0 Å². The van der Waals surface area contributed by atoms with Crippen molar-refractivity contribution < 1.29 is 0 Å². The maximum Gasteiger partial charge on any atom is 0.262 e. The van der Waals surface area contributed by atoms with E-state index in [4.69, 9.17) is 0 Å². The molecular formula is C9H8N2OS. The van der Waals surface area contributed by atoms with Gasteiger partial charge in [-0.05, 0) is 17.9 Å². The maximum atomic E-state index is 11.8. The summed E-state index contributed by atoms with van der Waals surface area (Å²) in [6.07, 6.45) is 2.00. The second-order valence-corrected chi connectivity index (χ2v) is 4.12. The molecule has 1 aliphatic rings. The van der Waals surface area contributed by atoms with E-state index < -0.39 is 0 Å². The molecule has 0 saturated heterocycles. The van der Waals surface area contributed by atoms with Crippen LogP contribution in [0.3, 0.4) is 0 Å². The molecule has 0 fully saturated rings. The van der Waals surface area contributed by atoms with Crippen LogP contribution in [0.25, 0.3) is 10.2 Å². The summed E-state index contributed by atoms with van der Waals surface area (Å²) < 4.78 is 1.80. The van der Waals surface area contributed by atoms with Crippen molar-refractivity contribution in [2.75, 3.05) is 0 Å². The zero-order chi connectivity index (χ0) is 8.84. The molecule has 0 atom stereocenters. The molecular weight excluding hydrogens is 184 g/mol. The highest BCUT2D eigenvalue weighted by Gasteiger charge is 2.15. The molecule has 0 radical (unpaired) electrons. The van der Waals surface area contributed by atoms with Crippen molar-refractivity contribution in [2.45, 2.75) is 19.4 Å². The Kier molecular flexibility index (Phi) is 1.35. The quantitative estimate of drug-likeness (QED) is 0.632. The number of nitrogens with zero attached hydrogens (tertiary/aromatic N) is 2. The minimum Gasteiger partial charge on any atom is -0.296 e. The lowest BCUT2D eigenvalue weighted by atomic mass is 10.3. The molecule has 0 amide bonds. The van der Waals surface area contributed by atoms with Crippen LogP contribution in [0.5, 0.6) is 0 Å². The Morgan fingerprint density at radius 2 is 2.46 bits per heavy atom. The standard InChI is InChI=1S/C9H8N2OS/c12-9-6-3-5-13-8(6)10-7-2-1-4-11(7)9/h3,5H,1-2,4H2. The molecule has 0 bridgehead atoms. The van der Waals surface area contributed by atoms with Crippen LogP contribution in [-0.4, -0.2) is 9.55 Å². The molecule has 2 aromatic rings. The van der Waals surface area contributed by atoms with Crippen LogP contribution >= 0.6 is 11.3 Å². The van der Waals surface area contributed by atoms with Gasteiger partial charge in [-0.3, -0.25) is 9.36 Å². The lowest BCUT2D eigenvalue weighted by molar-refractivity contribution is 0.720. The first-order valence-corrected chi connectivity index (χ1v) is 5.21. The molecule has 0 saturated carbocycles. The van der Waals surface area contributed by atoms with Crippen molar-refractivity contribution in [2.24, 2.45) is 0 Å². The van der Waals surface area contributed by atoms with E-state index in [-0.39, 0.29) is 5.56 Å². The van der Waals surface area contributed by atoms with Crippen LogP contribution in [0.1, 0.15) is 12.2 Å². The van der Waals surface area contributed by atoms with Gasteiger partial charge in [-0.15, -0.1) is 11.3 Å². The number of fused-ring (bicyclic) bond motifs is 2. The summed E-state index contributed by atoms with van der Waals surface area (Å²) in [5, 5.41) is 2.70. The molecule has 2 aromatic heterocycles. The smallest absolute Gasteiger partial charge is 0.262 e. The fourth-order valence-electron chi connectivity index (χ4n) is 1.81. The van der Waals surface area contributed by atoms with Crippen LogP contribution in [0, 0.1) is 0 Å². The van der Waals surface area contributed by atoms with Crippen molar-refractivity contribution in [3.8, 4) is 0 Å². The molecule has 0 N–H and O–H groups in total. The van der Waals surface area contributed by atoms with E-state index >= 15 is 0 Å². The van der Waals surface area contributed by atoms with E-state index in [1.807, 2.05) is 11.4 Å². The highest BCUT2D eigenvalue weighted by atomic mass is 32.1. The van der Waals surface area contributed by atoms with Gasteiger partial charge in [0.05, 0.1) is 5.39 Å². The third kappa shape index (κ3) is 0.891. The summed E-state index contributed by atoms with van der Waals surface area (Å²) in [6, 6.07) is 1.86. The van der Waals surface area contributed by atoms with Crippen molar-refractivity contribution >= 4 is 21.6 Å². The van der Waals surface area contributed by atoms with Crippen LogP contribution in [-0.2, 0) is 13.0 Å². The summed E-state index contributed by atoms with van der Waals surface area (Å²) in [5.41, 5.74) is 0.138. The topological polar surface area (TPSA) is 34.9 Å². The molecule has 3 heterocycles. The van der Waals surface area contributed by atoms with E-state index in [1.165, 1.54) is 0 Å². The minimum atomic E-state index is 0.138. The summed E-state index contributed by atoms with van der Waals surface area (Å²) in [7, 11) is 0. The normalized spacial score (nSPS) is 15.1. The number of thiophene rings is 1. The van der Waals surface area contributed by atoms with Gasteiger partial charge in [0.2, 0.25) is 0 Å². The molecule has 3 rings (SSSR count). The Balaban J connectivity index is 2.53. The Morgan fingerprint density at radius 1 is 1.54 bits per heavy atom. The number of aromatic nitrogens is 2. The predicted molar refractivity (Wildman–Crippen MR) is 52.2 cm³/mol. The third-order valence-corrected chi connectivity index (χ3v) is 3.25. The molecule has 0 spiro atoms. The summed E-state index contributed by atoms with van der Waals surface area (Å²) >= 11 is 1.54. The molecule has 13 heavy (non-hydrogen) atoms. The van der Waals surface area contributed by atoms with E-state index in [2.05, 4.69) is 4.98 Å². The predicted octanol–water partition coefficient (Wildman–Crippen LogP) is 1.40. The lowest BCUT2D eigenvalue weighted by Crippen LogP contribution is -2.19. The van der Waals surface area contributed by atoms with Gasteiger partial charge in [0, 0.05) is 13.0 Å². The van der Waals surface area contributed by atoms with Crippen molar-refractivity contribution in [3.05, 3.63) is 27.6 Å². The van der Waals surface area contributed by atoms with Gasteiger partial charge in [-0.1, -0.05) is 0 Å².